The molecule has 0 atom stereocenters. The number of rotatable bonds is 2. The summed E-state index contributed by atoms with van der Waals surface area (Å²) in [4.78, 5) is 4.05. The summed E-state index contributed by atoms with van der Waals surface area (Å²) in [5.74, 6) is 0. The minimum Gasteiger partial charge on any atom is -0.353 e. The van der Waals surface area contributed by atoms with Crippen molar-refractivity contribution in [1.82, 2.24) is 4.98 Å². The molecular formula is C11H7BrCl2N2. The quantitative estimate of drug-likeness (QED) is 0.852. The molecule has 82 valence electrons. The van der Waals surface area contributed by atoms with Crippen LogP contribution < -0.4 is 5.32 Å². The Morgan fingerprint density at radius 1 is 1.12 bits per heavy atom. The minimum atomic E-state index is 0.615. The molecule has 0 radical (unpaired) electrons. The molecular weight excluding hydrogens is 311 g/mol. The number of hydrogen-bond donors (Lipinski definition) is 1. The van der Waals surface area contributed by atoms with Gasteiger partial charge in [-0.15, -0.1) is 0 Å². The van der Waals surface area contributed by atoms with Gasteiger partial charge in [0.05, 0.1) is 22.6 Å². The summed E-state index contributed by atoms with van der Waals surface area (Å²) < 4.78 is 0.899. The van der Waals surface area contributed by atoms with Crippen LogP contribution in [-0.4, -0.2) is 4.98 Å². The van der Waals surface area contributed by atoms with Gasteiger partial charge in [-0.25, -0.2) is 0 Å². The Hall–Kier alpha value is -0.770. The highest BCUT2D eigenvalue weighted by Gasteiger charge is 2.02. The van der Waals surface area contributed by atoms with Gasteiger partial charge in [-0.1, -0.05) is 23.2 Å². The summed E-state index contributed by atoms with van der Waals surface area (Å²) in [6.45, 7) is 0. The summed E-state index contributed by atoms with van der Waals surface area (Å²) in [6, 6.07) is 7.17. The first kappa shape index (κ1) is 11.7. The second-order valence-electron chi connectivity index (χ2n) is 3.14. The lowest BCUT2D eigenvalue weighted by Crippen LogP contribution is -1.91. The van der Waals surface area contributed by atoms with Crippen LogP contribution in [0.5, 0.6) is 0 Å². The van der Waals surface area contributed by atoms with Crippen molar-refractivity contribution in [1.29, 1.82) is 0 Å². The Kier molecular flexibility index (Phi) is 3.69. The maximum absolute atomic E-state index is 6.03. The zero-order valence-electron chi connectivity index (χ0n) is 8.05. The molecule has 0 saturated carbocycles. The maximum Gasteiger partial charge on any atom is 0.0642 e. The van der Waals surface area contributed by atoms with Crippen LogP contribution in [-0.2, 0) is 0 Å². The first-order chi connectivity index (χ1) is 7.65. The van der Waals surface area contributed by atoms with Gasteiger partial charge in [-0.3, -0.25) is 4.98 Å². The summed E-state index contributed by atoms with van der Waals surface area (Å²) in [5, 5.41) is 4.39. The van der Waals surface area contributed by atoms with Crippen molar-refractivity contribution in [2.45, 2.75) is 0 Å². The van der Waals surface area contributed by atoms with Crippen LogP contribution in [0.2, 0.25) is 10.0 Å². The highest BCUT2D eigenvalue weighted by molar-refractivity contribution is 9.10. The molecule has 0 aliphatic heterocycles. The molecule has 0 aliphatic carbocycles. The number of hydrogen-bond acceptors (Lipinski definition) is 2. The smallest absolute Gasteiger partial charge is 0.0642 e. The van der Waals surface area contributed by atoms with Gasteiger partial charge in [-0.05, 0) is 40.2 Å². The van der Waals surface area contributed by atoms with Crippen LogP contribution in [0.15, 0.2) is 41.1 Å². The van der Waals surface area contributed by atoms with E-state index < -0.39 is 0 Å². The van der Waals surface area contributed by atoms with Crippen LogP contribution in [0.4, 0.5) is 11.4 Å². The van der Waals surface area contributed by atoms with Crippen LogP contribution in [0, 0.1) is 0 Å². The molecule has 1 N–H and O–H groups in total. The predicted octanol–water partition coefficient (Wildman–Crippen LogP) is 4.89. The molecule has 0 amide bonds. The molecule has 0 saturated heterocycles. The van der Waals surface area contributed by atoms with E-state index in [-0.39, 0.29) is 0 Å². The van der Waals surface area contributed by atoms with Gasteiger partial charge in [0, 0.05) is 15.7 Å². The van der Waals surface area contributed by atoms with Crippen LogP contribution in [0.3, 0.4) is 0 Å². The first-order valence-electron chi connectivity index (χ1n) is 4.48. The second kappa shape index (κ2) is 5.04. The Morgan fingerprint density at radius 3 is 2.69 bits per heavy atom. The molecule has 2 aromatic rings. The average molecular weight is 318 g/mol. The second-order valence-corrected chi connectivity index (χ2v) is 4.90. The van der Waals surface area contributed by atoms with E-state index in [2.05, 4.69) is 26.2 Å². The molecule has 0 fully saturated rings. The number of halogens is 3. The fourth-order valence-corrected chi connectivity index (χ4v) is 1.93. The van der Waals surface area contributed by atoms with E-state index in [0.29, 0.717) is 10.0 Å². The zero-order chi connectivity index (χ0) is 11.5. The van der Waals surface area contributed by atoms with Crippen molar-refractivity contribution in [2.75, 3.05) is 5.32 Å². The fourth-order valence-electron chi connectivity index (χ4n) is 1.23. The van der Waals surface area contributed by atoms with Gasteiger partial charge in [0.2, 0.25) is 0 Å². The van der Waals surface area contributed by atoms with Crippen molar-refractivity contribution in [2.24, 2.45) is 0 Å². The van der Waals surface area contributed by atoms with Crippen LogP contribution in [0.1, 0.15) is 0 Å². The summed E-state index contributed by atoms with van der Waals surface area (Å²) in [7, 11) is 0. The predicted molar refractivity (Wildman–Crippen MR) is 71.7 cm³/mol. The summed E-state index contributed by atoms with van der Waals surface area (Å²) in [6.07, 6.45) is 3.42. The van der Waals surface area contributed by atoms with E-state index in [9.17, 15) is 0 Å². The molecule has 5 heteroatoms. The number of aromatic nitrogens is 1. The van der Waals surface area contributed by atoms with Gasteiger partial charge >= 0.3 is 0 Å². The van der Waals surface area contributed by atoms with Gasteiger partial charge in [0.25, 0.3) is 0 Å². The Labute approximate surface area is 112 Å². The SMILES string of the molecule is Clc1ccc(Cl)c(Nc2cncc(Br)c2)c1. The van der Waals surface area contributed by atoms with Gasteiger partial charge in [-0.2, -0.15) is 0 Å². The lowest BCUT2D eigenvalue weighted by Gasteiger charge is -2.08. The number of benzene rings is 1. The third kappa shape index (κ3) is 2.88. The molecule has 0 unspecified atom stereocenters. The van der Waals surface area contributed by atoms with E-state index in [4.69, 9.17) is 23.2 Å². The molecule has 1 heterocycles. The normalized spacial score (nSPS) is 10.2. The number of nitrogens with one attached hydrogen (secondary N) is 1. The van der Waals surface area contributed by atoms with Gasteiger partial charge < -0.3 is 5.32 Å². The molecule has 0 bridgehead atoms. The molecule has 16 heavy (non-hydrogen) atoms. The van der Waals surface area contributed by atoms with Crippen LogP contribution >= 0.6 is 39.1 Å². The van der Waals surface area contributed by atoms with E-state index >= 15 is 0 Å². The van der Waals surface area contributed by atoms with Crippen molar-refractivity contribution < 1.29 is 0 Å². The molecule has 1 aromatic carbocycles. The highest BCUT2D eigenvalue weighted by Crippen LogP contribution is 2.28. The van der Waals surface area contributed by atoms with E-state index in [1.807, 2.05) is 6.07 Å². The largest absolute Gasteiger partial charge is 0.353 e. The van der Waals surface area contributed by atoms with E-state index in [1.165, 1.54) is 0 Å². The average Bonchev–Trinajstić information content (AvgIpc) is 2.24. The molecule has 2 rings (SSSR count). The lowest BCUT2D eigenvalue weighted by atomic mass is 10.3. The van der Waals surface area contributed by atoms with E-state index in [0.717, 1.165) is 15.8 Å². The molecule has 2 nitrogen and oxygen atoms in total. The molecule has 1 aromatic heterocycles. The Morgan fingerprint density at radius 2 is 1.94 bits per heavy atom. The van der Waals surface area contributed by atoms with Crippen LogP contribution in [0.25, 0.3) is 0 Å². The summed E-state index contributed by atoms with van der Waals surface area (Å²) >= 11 is 15.3. The van der Waals surface area contributed by atoms with Crippen molar-refractivity contribution in [3.05, 3.63) is 51.2 Å². The van der Waals surface area contributed by atoms with E-state index in [1.54, 1.807) is 30.6 Å². The number of anilines is 2. The minimum absolute atomic E-state index is 0.615. The first-order valence-corrected chi connectivity index (χ1v) is 6.03. The highest BCUT2D eigenvalue weighted by atomic mass is 79.9. The topological polar surface area (TPSA) is 24.9 Å². The standard InChI is InChI=1S/C11H7BrCl2N2/c12-7-3-9(6-15-5-7)16-11-4-8(13)1-2-10(11)14/h1-6,16H. The maximum atomic E-state index is 6.03. The number of pyridine rings is 1. The third-order valence-electron chi connectivity index (χ3n) is 1.91. The monoisotopic (exact) mass is 316 g/mol. The molecule has 0 spiro atoms. The van der Waals surface area contributed by atoms with Crippen molar-refractivity contribution in [3.63, 3.8) is 0 Å². The Bertz CT molecular complexity index is 517. The summed E-state index contributed by atoms with van der Waals surface area (Å²) in [5.41, 5.74) is 1.60. The van der Waals surface area contributed by atoms with Crippen molar-refractivity contribution in [3.8, 4) is 0 Å². The molecule has 0 aliphatic rings. The zero-order valence-corrected chi connectivity index (χ0v) is 11.1. The van der Waals surface area contributed by atoms with Crippen molar-refractivity contribution >= 4 is 50.5 Å². The Balaban J connectivity index is 2.30. The number of nitrogens with zero attached hydrogens (tertiary/aromatic N) is 1. The van der Waals surface area contributed by atoms with Gasteiger partial charge in [0.1, 0.15) is 0 Å². The fraction of sp³-hybridized carbons (Fsp3) is 0. The third-order valence-corrected chi connectivity index (χ3v) is 2.91. The lowest BCUT2D eigenvalue weighted by molar-refractivity contribution is 1.30. The van der Waals surface area contributed by atoms with Gasteiger partial charge in [0.15, 0.2) is 0 Å².